The van der Waals surface area contributed by atoms with Gasteiger partial charge >= 0.3 is 0 Å². The standard InChI is InChI=1S/C32H46N4O2/c1-24(2)14-20-35(21-15-25(3)4)32(38)27-16-22-36-30(23-27)29(9-8-19-34-17-6-5-7-18-34)31(33-36)26-10-12-28(37)13-11-26/h10-13,16,22-25,37H,5-9,14-15,17-21H2,1-4H3. The highest BCUT2D eigenvalue weighted by Gasteiger charge is 2.21. The van der Waals surface area contributed by atoms with E-state index >= 15 is 0 Å². The minimum atomic E-state index is 0.112. The summed E-state index contributed by atoms with van der Waals surface area (Å²) in [4.78, 5) is 18.3. The number of aromatic hydroxyl groups is 1. The van der Waals surface area contributed by atoms with Crippen molar-refractivity contribution < 1.29 is 9.90 Å². The summed E-state index contributed by atoms with van der Waals surface area (Å²) >= 11 is 0. The van der Waals surface area contributed by atoms with E-state index < -0.39 is 0 Å². The van der Waals surface area contributed by atoms with Crippen LogP contribution in [0.2, 0.25) is 0 Å². The molecule has 1 saturated heterocycles. The van der Waals surface area contributed by atoms with E-state index in [0.29, 0.717) is 11.8 Å². The lowest BCUT2D eigenvalue weighted by Crippen LogP contribution is -2.34. The third-order valence-corrected chi connectivity index (χ3v) is 7.71. The summed E-state index contributed by atoms with van der Waals surface area (Å²) in [6.45, 7) is 13.9. The molecular weight excluding hydrogens is 472 g/mol. The minimum Gasteiger partial charge on any atom is -0.508 e. The molecule has 3 aromatic rings. The van der Waals surface area contributed by atoms with Crippen molar-refractivity contribution in [1.82, 2.24) is 19.4 Å². The van der Waals surface area contributed by atoms with E-state index in [1.807, 2.05) is 39.9 Å². The highest BCUT2D eigenvalue weighted by molar-refractivity contribution is 5.95. The number of carbonyl (C=O) groups excluding carboxylic acids is 1. The molecular formula is C32H46N4O2. The zero-order valence-electron chi connectivity index (χ0n) is 23.8. The van der Waals surface area contributed by atoms with Crippen molar-refractivity contribution in [2.24, 2.45) is 11.8 Å². The van der Waals surface area contributed by atoms with Crippen molar-refractivity contribution in [3.63, 3.8) is 0 Å². The second-order valence-electron chi connectivity index (χ2n) is 11.8. The molecule has 2 aromatic heterocycles. The molecule has 1 aliphatic heterocycles. The Labute approximate surface area is 228 Å². The topological polar surface area (TPSA) is 61.1 Å². The summed E-state index contributed by atoms with van der Waals surface area (Å²) in [6, 6.07) is 11.2. The number of carbonyl (C=O) groups is 1. The van der Waals surface area contributed by atoms with Gasteiger partial charge in [-0.2, -0.15) is 5.10 Å². The van der Waals surface area contributed by atoms with E-state index in [9.17, 15) is 9.90 Å². The maximum Gasteiger partial charge on any atom is 0.253 e. The molecule has 1 aromatic carbocycles. The Bertz CT molecular complexity index is 1160. The minimum absolute atomic E-state index is 0.112. The van der Waals surface area contributed by atoms with Crippen molar-refractivity contribution in [2.45, 2.75) is 72.6 Å². The van der Waals surface area contributed by atoms with E-state index in [1.54, 1.807) is 12.1 Å². The van der Waals surface area contributed by atoms with Crippen LogP contribution in [0.5, 0.6) is 5.75 Å². The van der Waals surface area contributed by atoms with Crippen LogP contribution in [0.4, 0.5) is 0 Å². The molecule has 206 valence electrons. The maximum absolute atomic E-state index is 13.7. The van der Waals surface area contributed by atoms with Crippen LogP contribution >= 0.6 is 0 Å². The number of aromatic nitrogens is 2. The first-order valence-corrected chi connectivity index (χ1v) is 14.6. The van der Waals surface area contributed by atoms with Gasteiger partial charge in [0.2, 0.25) is 0 Å². The second kappa shape index (κ2) is 13.3. The van der Waals surface area contributed by atoms with Gasteiger partial charge in [0.25, 0.3) is 5.91 Å². The summed E-state index contributed by atoms with van der Waals surface area (Å²) in [5.41, 5.74) is 4.84. The maximum atomic E-state index is 13.7. The van der Waals surface area contributed by atoms with Gasteiger partial charge in [0.1, 0.15) is 5.75 Å². The van der Waals surface area contributed by atoms with E-state index in [2.05, 4.69) is 32.6 Å². The summed E-state index contributed by atoms with van der Waals surface area (Å²) in [5, 5.41) is 14.8. The molecule has 1 aliphatic rings. The number of benzene rings is 1. The van der Waals surface area contributed by atoms with Crippen molar-refractivity contribution in [3.05, 3.63) is 53.7 Å². The van der Waals surface area contributed by atoms with E-state index in [-0.39, 0.29) is 11.7 Å². The van der Waals surface area contributed by atoms with Gasteiger partial charge in [0, 0.05) is 36.0 Å². The Hall–Kier alpha value is -2.86. The molecule has 1 amide bonds. The second-order valence-corrected chi connectivity index (χ2v) is 11.8. The van der Waals surface area contributed by atoms with Gasteiger partial charge < -0.3 is 14.9 Å². The zero-order valence-corrected chi connectivity index (χ0v) is 23.8. The fourth-order valence-electron chi connectivity index (χ4n) is 5.31. The average molecular weight is 519 g/mol. The van der Waals surface area contributed by atoms with Gasteiger partial charge in [-0.25, -0.2) is 4.52 Å². The third kappa shape index (κ3) is 7.37. The molecule has 0 saturated carbocycles. The number of nitrogens with zero attached hydrogens (tertiary/aromatic N) is 4. The highest BCUT2D eigenvalue weighted by atomic mass is 16.3. The Morgan fingerprint density at radius 1 is 0.974 bits per heavy atom. The number of phenols is 1. The lowest BCUT2D eigenvalue weighted by atomic mass is 10.0. The van der Waals surface area contributed by atoms with Crippen molar-refractivity contribution in [3.8, 4) is 17.0 Å². The molecule has 6 heteroatoms. The molecule has 0 spiro atoms. The number of hydrogen-bond donors (Lipinski definition) is 1. The number of phenolic OH excluding ortho intramolecular Hbond substituents is 1. The Morgan fingerprint density at radius 3 is 2.26 bits per heavy atom. The first kappa shape index (κ1) is 28.2. The van der Waals surface area contributed by atoms with E-state index in [0.717, 1.165) is 67.7 Å². The van der Waals surface area contributed by atoms with Crippen LogP contribution < -0.4 is 0 Å². The van der Waals surface area contributed by atoms with Crippen molar-refractivity contribution >= 4 is 11.4 Å². The molecule has 6 nitrogen and oxygen atoms in total. The normalized spacial score (nSPS) is 14.6. The number of amides is 1. The Morgan fingerprint density at radius 2 is 1.63 bits per heavy atom. The van der Waals surface area contributed by atoms with Crippen LogP contribution in [0, 0.1) is 11.8 Å². The quantitative estimate of drug-likeness (QED) is 0.291. The molecule has 0 aliphatic carbocycles. The highest BCUT2D eigenvalue weighted by Crippen LogP contribution is 2.30. The predicted octanol–water partition coefficient (Wildman–Crippen LogP) is 6.66. The number of piperidine rings is 1. The Balaban J connectivity index is 1.64. The number of hydrogen-bond acceptors (Lipinski definition) is 4. The van der Waals surface area contributed by atoms with Gasteiger partial charge in [0.15, 0.2) is 0 Å². The van der Waals surface area contributed by atoms with E-state index in [4.69, 9.17) is 5.10 Å². The smallest absolute Gasteiger partial charge is 0.253 e. The molecule has 1 N–H and O–H groups in total. The molecule has 3 heterocycles. The fourth-order valence-corrected chi connectivity index (χ4v) is 5.31. The van der Waals surface area contributed by atoms with Crippen LogP contribution in [0.15, 0.2) is 42.6 Å². The molecule has 4 rings (SSSR count). The summed E-state index contributed by atoms with van der Waals surface area (Å²) < 4.78 is 1.92. The molecule has 0 radical (unpaired) electrons. The van der Waals surface area contributed by atoms with E-state index in [1.165, 1.54) is 37.9 Å². The SMILES string of the molecule is CC(C)CCN(CCC(C)C)C(=O)c1ccn2nc(-c3ccc(O)cc3)c(CCCN3CCCCC3)c2c1. The molecule has 0 unspecified atom stereocenters. The molecule has 38 heavy (non-hydrogen) atoms. The lowest BCUT2D eigenvalue weighted by Gasteiger charge is -2.26. The van der Waals surface area contributed by atoms with Gasteiger partial charge in [-0.15, -0.1) is 0 Å². The largest absolute Gasteiger partial charge is 0.508 e. The molecule has 1 fully saturated rings. The third-order valence-electron chi connectivity index (χ3n) is 7.71. The van der Waals surface area contributed by atoms with Gasteiger partial charge in [-0.3, -0.25) is 4.79 Å². The van der Waals surface area contributed by atoms with Crippen LogP contribution in [-0.2, 0) is 6.42 Å². The van der Waals surface area contributed by atoms with Gasteiger partial charge in [0.05, 0.1) is 11.2 Å². The summed E-state index contributed by atoms with van der Waals surface area (Å²) in [7, 11) is 0. The summed E-state index contributed by atoms with van der Waals surface area (Å²) in [6.07, 6.45) is 9.84. The lowest BCUT2D eigenvalue weighted by molar-refractivity contribution is 0.0741. The number of fused-ring (bicyclic) bond motifs is 1. The van der Waals surface area contributed by atoms with Crippen LogP contribution in [0.1, 0.15) is 82.1 Å². The number of rotatable bonds is 12. The van der Waals surface area contributed by atoms with Gasteiger partial charge in [-0.05, 0) is 106 Å². The first-order chi connectivity index (χ1) is 18.3. The average Bonchev–Trinajstić information content (AvgIpc) is 3.27. The fraction of sp³-hybridized carbons (Fsp3) is 0.562. The number of likely N-dealkylation sites (tertiary alicyclic amines) is 1. The Kier molecular flexibility index (Phi) is 9.84. The van der Waals surface area contributed by atoms with Crippen LogP contribution in [-0.4, -0.2) is 63.2 Å². The predicted molar refractivity (Wildman–Crippen MR) is 156 cm³/mol. The van der Waals surface area contributed by atoms with Crippen molar-refractivity contribution in [2.75, 3.05) is 32.7 Å². The monoisotopic (exact) mass is 518 g/mol. The van der Waals surface area contributed by atoms with Crippen molar-refractivity contribution in [1.29, 1.82) is 0 Å². The number of pyridine rings is 1. The van der Waals surface area contributed by atoms with Crippen LogP contribution in [0.3, 0.4) is 0 Å². The molecule has 0 atom stereocenters. The molecule has 0 bridgehead atoms. The van der Waals surface area contributed by atoms with Crippen LogP contribution in [0.25, 0.3) is 16.8 Å². The van der Waals surface area contributed by atoms with Gasteiger partial charge in [-0.1, -0.05) is 34.1 Å². The number of aryl methyl sites for hydroxylation is 1. The first-order valence-electron chi connectivity index (χ1n) is 14.6. The summed E-state index contributed by atoms with van der Waals surface area (Å²) in [5.74, 6) is 1.47. The zero-order chi connectivity index (χ0) is 27.1.